The van der Waals surface area contributed by atoms with Crippen LogP contribution in [0.3, 0.4) is 0 Å². The van der Waals surface area contributed by atoms with E-state index in [0.29, 0.717) is 0 Å². The minimum Gasteiger partial charge on any atom is -0.258 e. The smallest absolute Gasteiger partial charge is 0.258 e. The summed E-state index contributed by atoms with van der Waals surface area (Å²) in [5.74, 6) is 0. The molecule has 2 aromatic carbocycles. The SMILES string of the molecule is CC(C)(c1ccc([N+](=O)[O-])cc1)C(C)(C)c1ccc([N+](=O)[O-])cc1. The molecule has 126 valence electrons. The standard InChI is InChI=1S/C18H20N2O4/c1-17(2,13-5-9-15(10-6-13)19(21)22)18(3,4)14-7-11-16(12-8-14)20(23)24/h5-12H,1-4H3. The van der Waals surface area contributed by atoms with Crippen LogP contribution in [0.2, 0.25) is 0 Å². The van der Waals surface area contributed by atoms with Crippen molar-refractivity contribution in [2.45, 2.75) is 38.5 Å². The first kappa shape index (κ1) is 17.6. The number of nitrogens with zero attached hydrogens (tertiary/aromatic N) is 2. The molecule has 0 spiro atoms. The van der Waals surface area contributed by atoms with Crippen LogP contribution in [-0.2, 0) is 10.8 Å². The van der Waals surface area contributed by atoms with Crippen LogP contribution in [0.1, 0.15) is 38.8 Å². The molecule has 0 N–H and O–H groups in total. The number of hydrogen-bond acceptors (Lipinski definition) is 4. The first-order valence-electron chi connectivity index (χ1n) is 7.57. The Bertz CT molecular complexity index is 695. The zero-order valence-corrected chi connectivity index (χ0v) is 14.1. The van der Waals surface area contributed by atoms with E-state index in [1.807, 2.05) is 0 Å². The van der Waals surface area contributed by atoms with E-state index in [0.717, 1.165) is 11.1 Å². The number of hydrogen-bond donors (Lipinski definition) is 0. The third kappa shape index (κ3) is 2.99. The molecule has 0 atom stereocenters. The quantitative estimate of drug-likeness (QED) is 0.585. The highest BCUT2D eigenvalue weighted by atomic mass is 16.6. The van der Waals surface area contributed by atoms with Crippen molar-refractivity contribution in [2.75, 3.05) is 0 Å². The maximum atomic E-state index is 10.8. The Morgan fingerprint density at radius 2 is 0.875 bits per heavy atom. The Labute approximate surface area is 140 Å². The minimum atomic E-state index is -0.418. The second-order valence-corrected chi connectivity index (χ2v) is 6.86. The highest BCUT2D eigenvalue weighted by Crippen LogP contribution is 2.44. The van der Waals surface area contributed by atoms with Gasteiger partial charge in [0, 0.05) is 24.3 Å². The lowest BCUT2D eigenvalue weighted by atomic mass is 9.61. The Morgan fingerprint density at radius 1 is 0.625 bits per heavy atom. The summed E-state index contributed by atoms with van der Waals surface area (Å²) in [7, 11) is 0. The van der Waals surface area contributed by atoms with E-state index < -0.39 is 9.85 Å². The van der Waals surface area contributed by atoms with E-state index >= 15 is 0 Å². The van der Waals surface area contributed by atoms with Gasteiger partial charge < -0.3 is 0 Å². The van der Waals surface area contributed by atoms with Gasteiger partial charge in [-0.1, -0.05) is 52.0 Å². The fourth-order valence-corrected chi connectivity index (χ4v) is 2.72. The van der Waals surface area contributed by atoms with E-state index in [1.165, 1.54) is 24.3 Å². The van der Waals surface area contributed by atoms with E-state index in [-0.39, 0.29) is 22.2 Å². The summed E-state index contributed by atoms with van der Waals surface area (Å²) >= 11 is 0. The highest BCUT2D eigenvalue weighted by molar-refractivity contribution is 5.43. The molecule has 0 amide bonds. The van der Waals surface area contributed by atoms with Gasteiger partial charge in [0.05, 0.1) is 9.85 Å². The maximum Gasteiger partial charge on any atom is 0.269 e. The molecule has 0 fully saturated rings. The van der Waals surface area contributed by atoms with Crippen LogP contribution >= 0.6 is 0 Å². The predicted octanol–water partition coefficient (Wildman–Crippen LogP) is 4.76. The summed E-state index contributed by atoms with van der Waals surface area (Å²) in [5, 5.41) is 21.6. The summed E-state index contributed by atoms with van der Waals surface area (Å²) in [6, 6.07) is 13.1. The van der Waals surface area contributed by atoms with Crippen LogP contribution in [0, 0.1) is 20.2 Å². The molecule has 0 aliphatic carbocycles. The van der Waals surface area contributed by atoms with Gasteiger partial charge >= 0.3 is 0 Å². The van der Waals surface area contributed by atoms with Gasteiger partial charge in [0.15, 0.2) is 0 Å². The number of nitro benzene ring substituents is 2. The fraction of sp³-hybridized carbons (Fsp3) is 0.333. The summed E-state index contributed by atoms with van der Waals surface area (Å²) in [6.45, 7) is 8.26. The molecule has 0 unspecified atom stereocenters. The average Bonchev–Trinajstić information content (AvgIpc) is 2.54. The lowest BCUT2D eigenvalue weighted by Crippen LogP contribution is -2.40. The highest BCUT2D eigenvalue weighted by Gasteiger charge is 2.40. The van der Waals surface area contributed by atoms with Gasteiger partial charge in [-0.25, -0.2) is 0 Å². The third-order valence-electron chi connectivity index (χ3n) is 5.16. The molecular formula is C18H20N2O4. The Morgan fingerprint density at radius 3 is 1.08 bits per heavy atom. The molecule has 0 radical (unpaired) electrons. The van der Waals surface area contributed by atoms with E-state index in [2.05, 4.69) is 27.7 Å². The van der Waals surface area contributed by atoms with Gasteiger partial charge in [-0.3, -0.25) is 20.2 Å². The van der Waals surface area contributed by atoms with Crippen molar-refractivity contribution in [1.29, 1.82) is 0 Å². The van der Waals surface area contributed by atoms with E-state index in [9.17, 15) is 20.2 Å². The molecule has 0 bridgehead atoms. The van der Waals surface area contributed by atoms with Crippen molar-refractivity contribution in [3.63, 3.8) is 0 Å². The van der Waals surface area contributed by atoms with Crippen molar-refractivity contribution in [2.24, 2.45) is 0 Å². The van der Waals surface area contributed by atoms with Gasteiger partial charge in [-0.2, -0.15) is 0 Å². The number of benzene rings is 2. The van der Waals surface area contributed by atoms with E-state index in [1.54, 1.807) is 24.3 Å². The summed E-state index contributed by atoms with van der Waals surface area (Å²) in [6.07, 6.45) is 0. The molecule has 0 saturated heterocycles. The van der Waals surface area contributed by atoms with Gasteiger partial charge in [-0.15, -0.1) is 0 Å². The molecule has 0 heterocycles. The monoisotopic (exact) mass is 328 g/mol. The lowest BCUT2D eigenvalue weighted by Gasteiger charge is -2.42. The topological polar surface area (TPSA) is 86.3 Å². The minimum absolute atomic E-state index is 0.0580. The molecule has 6 nitrogen and oxygen atoms in total. The zero-order valence-electron chi connectivity index (χ0n) is 14.1. The van der Waals surface area contributed by atoms with Crippen molar-refractivity contribution < 1.29 is 9.85 Å². The molecule has 0 saturated carbocycles. The van der Waals surface area contributed by atoms with Crippen LogP contribution in [0.25, 0.3) is 0 Å². The molecule has 24 heavy (non-hydrogen) atoms. The molecule has 2 aromatic rings. The molecule has 0 aliphatic heterocycles. The van der Waals surface area contributed by atoms with Crippen molar-refractivity contribution in [1.82, 2.24) is 0 Å². The molecular weight excluding hydrogens is 308 g/mol. The van der Waals surface area contributed by atoms with E-state index in [4.69, 9.17) is 0 Å². The van der Waals surface area contributed by atoms with Gasteiger partial charge in [0.1, 0.15) is 0 Å². The normalized spacial score (nSPS) is 12.0. The van der Waals surface area contributed by atoms with Gasteiger partial charge in [-0.05, 0) is 22.0 Å². The molecule has 0 aromatic heterocycles. The predicted molar refractivity (Wildman–Crippen MR) is 92.2 cm³/mol. The average molecular weight is 328 g/mol. The fourth-order valence-electron chi connectivity index (χ4n) is 2.72. The Kier molecular flexibility index (Phi) is 4.42. The number of non-ortho nitro benzene ring substituents is 2. The largest absolute Gasteiger partial charge is 0.269 e. The van der Waals surface area contributed by atoms with Crippen molar-refractivity contribution >= 4 is 11.4 Å². The first-order chi connectivity index (χ1) is 11.1. The summed E-state index contributed by atoms with van der Waals surface area (Å²) < 4.78 is 0. The van der Waals surface area contributed by atoms with Crippen molar-refractivity contribution in [3.05, 3.63) is 79.9 Å². The van der Waals surface area contributed by atoms with Gasteiger partial charge in [0.2, 0.25) is 0 Å². The van der Waals surface area contributed by atoms with Crippen LogP contribution in [0.4, 0.5) is 11.4 Å². The number of nitro groups is 2. The summed E-state index contributed by atoms with van der Waals surface area (Å²) in [5.41, 5.74) is 1.38. The Hall–Kier alpha value is -2.76. The number of rotatable bonds is 5. The molecule has 2 rings (SSSR count). The van der Waals surface area contributed by atoms with Gasteiger partial charge in [0.25, 0.3) is 11.4 Å². The molecule has 6 heteroatoms. The van der Waals surface area contributed by atoms with Crippen LogP contribution in [-0.4, -0.2) is 9.85 Å². The second kappa shape index (κ2) is 6.03. The van der Waals surface area contributed by atoms with Crippen LogP contribution in [0.5, 0.6) is 0 Å². The van der Waals surface area contributed by atoms with Crippen LogP contribution in [0.15, 0.2) is 48.5 Å². The lowest BCUT2D eigenvalue weighted by molar-refractivity contribution is -0.385. The first-order valence-corrected chi connectivity index (χ1v) is 7.57. The maximum absolute atomic E-state index is 10.8. The summed E-state index contributed by atoms with van der Waals surface area (Å²) in [4.78, 5) is 20.8. The third-order valence-corrected chi connectivity index (χ3v) is 5.16. The van der Waals surface area contributed by atoms with Crippen LogP contribution < -0.4 is 0 Å². The zero-order chi connectivity index (χ0) is 18.1. The van der Waals surface area contributed by atoms with Crippen molar-refractivity contribution in [3.8, 4) is 0 Å². The second-order valence-electron chi connectivity index (χ2n) is 6.86. The Balaban J connectivity index is 2.41. The molecule has 0 aliphatic rings.